The quantitative estimate of drug-likeness (QED) is 0.759. The number of aromatic nitrogens is 2. The Morgan fingerprint density at radius 1 is 1.12 bits per heavy atom. The summed E-state index contributed by atoms with van der Waals surface area (Å²) in [6.45, 7) is 2.07. The highest BCUT2D eigenvalue weighted by molar-refractivity contribution is 5.93. The van der Waals surface area contributed by atoms with Crippen molar-refractivity contribution in [2.24, 2.45) is 0 Å². The molecular weight excluding hydrogens is 314 g/mol. The average Bonchev–Trinajstić information content (AvgIpc) is 2.56. The summed E-state index contributed by atoms with van der Waals surface area (Å²) in [6.07, 6.45) is 0.0134. The van der Waals surface area contributed by atoms with Gasteiger partial charge in [0.05, 0.1) is 18.7 Å². The van der Waals surface area contributed by atoms with Gasteiger partial charge in [-0.25, -0.2) is 9.48 Å². The highest BCUT2D eigenvalue weighted by Gasteiger charge is 2.08. The molecule has 0 bridgehead atoms. The number of nitrogens with one attached hydrogen (secondary N) is 2. The molecule has 0 atom stereocenters. The number of hydrogen-bond acceptors (Lipinski definition) is 5. The summed E-state index contributed by atoms with van der Waals surface area (Å²) in [5.41, 5.74) is 0.107. The van der Waals surface area contributed by atoms with Gasteiger partial charge in [0.25, 0.3) is 11.1 Å². The zero-order chi connectivity index (χ0) is 17.5. The predicted molar refractivity (Wildman–Crippen MR) is 87.0 cm³/mol. The number of nitrogens with zero attached hydrogens (tertiary/aromatic N) is 1. The van der Waals surface area contributed by atoms with Crippen LogP contribution in [0.15, 0.2) is 46.0 Å². The van der Waals surface area contributed by atoms with Crippen molar-refractivity contribution in [3.63, 3.8) is 0 Å². The van der Waals surface area contributed by atoms with Crippen LogP contribution >= 0.6 is 0 Å². The van der Waals surface area contributed by atoms with Crippen molar-refractivity contribution in [1.29, 1.82) is 0 Å². The topological polar surface area (TPSA) is 110 Å². The van der Waals surface area contributed by atoms with Crippen LogP contribution < -0.4 is 16.4 Å². The van der Waals surface area contributed by atoms with E-state index in [1.165, 1.54) is 0 Å². The number of rotatable bonds is 6. The molecule has 0 fully saturated rings. The molecule has 1 amide bonds. The molecule has 1 aromatic heterocycles. The first-order chi connectivity index (χ1) is 11.5. The van der Waals surface area contributed by atoms with Crippen LogP contribution in [0, 0.1) is 0 Å². The number of carbonyl (C=O) groups excluding carboxylic acids is 2. The summed E-state index contributed by atoms with van der Waals surface area (Å²) in [6, 6.07) is 8.54. The van der Waals surface area contributed by atoms with Crippen LogP contribution in [-0.2, 0) is 16.1 Å². The van der Waals surface area contributed by atoms with Crippen molar-refractivity contribution < 1.29 is 14.3 Å². The number of aromatic amines is 1. The SMILES string of the molecule is CCOC(=O)c1ccc(NC(=O)CCn2[nH]c(=O)ccc2=O)cc1. The number of benzene rings is 1. The summed E-state index contributed by atoms with van der Waals surface area (Å²) in [5.74, 6) is -0.752. The smallest absolute Gasteiger partial charge is 0.338 e. The Hall–Kier alpha value is -3.16. The maximum atomic E-state index is 11.9. The molecule has 126 valence electrons. The lowest BCUT2D eigenvalue weighted by Gasteiger charge is -2.07. The van der Waals surface area contributed by atoms with E-state index in [0.717, 1.165) is 16.8 Å². The van der Waals surface area contributed by atoms with Crippen LogP contribution in [0.1, 0.15) is 23.7 Å². The Bertz CT molecular complexity index is 836. The molecule has 0 spiro atoms. The predicted octanol–water partition coefficient (Wildman–Crippen LogP) is 0.742. The fourth-order valence-corrected chi connectivity index (χ4v) is 1.97. The monoisotopic (exact) mass is 331 g/mol. The number of carbonyl (C=O) groups is 2. The second-order valence-corrected chi connectivity index (χ2v) is 4.90. The number of H-pyrrole nitrogens is 1. The van der Waals surface area contributed by atoms with Gasteiger partial charge >= 0.3 is 5.97 Å². The van der Waals surface area contributed by atoms with E-state index < -0.39 is 11.5 Å². The lowest BCUT2D eigenvalue weighted by atomic mass is 10.2. The molecule has 2 N–H and O–H groups in total. The van der Waals surface area contributed by atoms with Crippen molar-refractivity contribution in [3.05, 3.63) is 62.7 Å². The number of aryl methyl sites for hydroxylation is 1. The van der Waals surface area contributed by atoms with Crippen molar-refractivity contribution in [1.82, 2.24) is 9.78 Å². The van der Waals surface area contributed by atoms with Gasteiger partial charge in [-0.15, -0.1) is 0 Å². The fraction of sp³-hybridized carbons (Fsp3) is 0.250. The molecule has 0 saturated heterocycles. The maximum Gasteiger partial charge on any atom is 0.338 e. The summed E-state index contributed by atoms with van der Waals surface area (Å²) < 4.78 is 5.94. The van der Waals surface area contributed by atoms with E-state index in [0.29, 0.717) is 11.3 Å². The number of amides is 1. The van der Waals surface area contributed by atoms with E-state index >= 15 is 0 Å². The van der Waals surface area contributed by atoms with Crippen molar-refractivity contribution >= 4 is 17.6 Å². The second-order valence-electron chi connectivity index (χ2n) is 4.90. The van der Waals surface area contributed by atoms with E-state index in [4.69, 9.17) is 4.74 Å². The van der Waals surface area contributed by atoms with Gasteiger partial charge in [0.15, 0.2) is 0 Å². The molecule has 0 radical (unpaired) electrons. The molecule has 0 aliphatic rings. The Labute approximate surface area is 137 Å². The minimum atomic E-state index is -0.428. The van der Waals surface area contributed by atoms with E-state index in [1.807, 2.05) is 0 Å². The van der Waals surface area contributed by atoms with E-state index in [2.05, 4.69) is 10.4 Å². The standard InChI is InChI=1S/C16H17N3O5/c1-2-24-16(23)11-3-5-12(6-4-11)17-13(20)9-10-19-15(22)8-7-14(21)18-19/h3-8H,2,9-10H2,1H3,(H,17,20)(H,18,21). The van der Waals surface area contributed by atoms with Crippen LogP contribution in [0.4, 0.5) is 5.69 Å². The molecule has 8 nitrogen and oxygen atoms in total. The number of esters is 1. The fourth-order valence-electron chi connectivity index (χ4n) is 1.97. The molecule has 2 rings (SSSR count). The van der Waals surface area contributed by atoms with Crippen LogP contribution in [0.5, 0.6) is 0 Å². The molecule has 0 unspecified atom stereocenters. The first-order valence-electron chi connectivity index (χ1n) is 7.37. The van der Waals surface area contributed by atoms with Crippen LogP contribution in [0.2, 0.25) is 0 Å². The van der Waals surface area contributed by atoms with Gasteiger partial charge in [0.1, 0.15) is 0 Å². The molecule has 1 heterocycles. The third-order valence-electron chi connectivity index (χ3n) is 3.13. The van der Waals surface area contributed by atoms with Crippen LogP contribution in [-0.4, -0.2) is 28.3 Å². The van der Waals surface area contributed by atoms with Crippen molar-refractivity contribution in [2.75, 3.05) is 11.9 Å². The molecule has 24 heavy (non-hydrogen) atoms. The van der Waals surface area contributed by atoms with E-state index in [-0.39, 0.29) is 31.0 Å². The molecule has 8 heteroatoms. The van der Waals surface area contributed by atoms with Crippen LogP contribution in [0.3, 0.4) is 0 Å². The summed E-state index contributed by atoms with van der Waals surface area (Å²) in [5, 5.41) is 4.99. The minimum absolute atomic E-state index is 0.0134. The summed E-state index contributed by atoms with van der Waals surface area (Å²) >= 11 is 0. The third kappa shape index (κ3) is 4.67. The number of anilines is 1. The molecule has 0 saturated carbocycles. The molecular formula is C16H17N3O5. The highest BCUT2D eigenvalue weighted by atomic mass is 16.5. The van der Waals surface area contributed by atoms with Crippen molar-refractivity contribution in [2.45, 2.75) is 19.9 Å². The zero-order valence-corrected chi connectivity index (χ0v) is 13.1. The van der Waals surface area contributed by atoms with Crippen molar-refractivity contribution in [3.8, 4) is 0 Å². The minimum Gasteiger partial charge on any atom is -0.462 e. The molecule has 2 aromatic rings. The zero-order valence-electron chi connectivity index (χ0n) is 13.1. The van der Waals surface area contributed by atoms with Gasteiger partial charge in [0.2, 0.25) is 5.91 Å². The first-order valence-corrected chi connectivity index (χ1v) is 7.37. The lowest BCUT2D eigenvalue weighted by molar-refractivity contribution is -0.116. The lowest BCUT2D eigenvalue weighted by Crippen LogP contribution is -2.29. The third-order valence-corrected chi connectivity index (χ3v) is 3.13. The van der Waals surface area contributed by atoms with Gasteiger partial charge in [-0.2, -0.15) is 0 Å². The first kappa shape index (κ1) is 17.2. The molecule has 1 aromatic carbocycles. The number of hydrogen-bond donors (Lipinski definition) is 2. The normalized spacial score (nSPS) is 10.2. The van der Waals surface area contributed by atoms with Gasteiger partial charge in [-0.3, -0.25) is 19.5 Å². The van der Waals surface area contributed by atoms with E-state index in [1.54, 1.807) is 31.2 Å². The van der Waals surface area contributed by atoms with Crippen LogP contribution in [0.25, 0.3) is 0 Å². The maximum absolute atomic E-state index is 11.9. The van der Waals surface area contributed by atoms with Gasteiger partial charge in [-0.1, -0.05) is 0 Å². The molecule has 0 aliphatic carbocycles. The van der Waals surface area contributed by atoms with Gasteiger partial charge < -0.3 is 10.1 Å². The Balaban J connectivity index is 1.92. The summed E-state index contributed by atoms with van der Waals surface area (Å²) in [7, 11) is 0. The Morgan fingerprint density at radius 3 is 2.50 bits per heavy atom. The Kier molecular flexibility index (Phi) is 5.67. The largest absolute Gasteiger partial charge is 0.462 e. The molecule has 0 aliphatic heterocycles. The van der Waals surface area contributed by atoms with E-state index in [9.17, 15) is 19.2 Å². The van der Waals surface area contributed by atoms with Gasteiger partial charge in [0, 0.05) is 24.2 Å². The van der Waals surface area contributed by atoms with Gasteiger partial charge in [-0.05, 0) is 31.2 Å². The highest BCUT2D eigenvalue weighted by Crippen LogP contribution is 2.11. The average molecular weight is 331 g/mol. The Morgan fingerprint density at radius 2 is 1.83 bits per heavy atom. The summed E-state index contributed by atoms with van der Waals surface area (Å²) in [4.78, 5) is 46.1. The number of ether oxygens (including phenoxy) is 1. The second kappa shape index (κ2) is 7.91.